The summed E-state index contributed by atoms with van der Waals surface area (Å²) in [7, 11) is 1.31. The maximum Gasteiger partial charge on any atom is 0.330 e. The topological polar surface area (TPSA) is 91.3 Å². The number of oxazole rings is 1. The first-order valence-electron chi connectivity index (χ1n) is 4.31. The Morgan fingerprint density at radius 1 is 1.50 bits per heavy atom. The summed E-state index contributed by atoms with van der Waals surface area (Å²) < 4.78 is 9.84. The Hall–Kier alpha value is -2.44. The van der Waals surface area contributed by atoms with Crippen molar-refractivity contribution in [2.75, 3.05) is 7.11 Å². The molecule has 0 atom stereocenters. The largest absolute Gasteiger partial charge is 0.476 e. The van der Waals surface area contributed by atoms with Gasteiger partial charge in [0, 0.05) is 6.07 Å². The molecule has 0 spiro atoms. The second-order valence-electron chi connectivity index (χ2n) is 2.82. The van der Waals surface area contributed by atoms with Gasteiger partial charge in [-0.15, -0.1) is 0 Å². The van der Waals surface area contributed by atoms with Crippen LogP contribution in [0.2, 0.25) is 0 Å². The lowest BCUT2D eigenvalue weighted by Gasteiger charge is -2.01. The Bertz CT molecular complexity index is 509. The van der Waals surface area contributed by atoms with E-state index >= 15 is 0 Å². The number of hydrogen-bond acceptors (Lipinski definition) is 6. The van der Waals surface area contributed by atoms with E-state index in [0.29, 0.717) is 5.69 Å². The van der Waals surface area contributed by atoms with Crippen LogP contribution in [0, 0.1) is 10.1 Å². The maximum atomic E-state index is 10.6. The third-order valence-electron chi connectivity index (χ3n) is 1.88. The van der Waals surface area contributed by atoms with Crippen LogP contribution < -0.4 is 4.74 Å². The van der Waals surface area contributed by atoms with Crippen LogP contribution in [0.3, 0.4) is 0 Å². The lowest BCUT2D eigenvalue weighted by molar-refractivity contribution is -0.386. The van der Waals surface area contributed by atoms with Crippen LogP contribution in [0.25, 0.3) is 11.6 Å². The van der Waals surface area contributed by atoms with Gasteiger partial charge in [-0.3, -0.25) is 10.1 Å². The van der Waals surface area contributed by atoms with Crippen LogP contribution in [0.5, 0.6) is 5.88 Å². The second kappa shape index (κ2) is 3.97. The zero-order valence-electron chi connectivity index (χ0n) is 8.28. The van der Waals surface area contributed by atoms with Crippen LogP contribution in [0.1, 0.15) is 0 Å². The van der Waals surface area contributed by atoms with Gasteiger partial charge in [-0.2, -0.15) is 0 Å². The lowest BCUT2D eigenvalue weighted by Crippen LogP contribution is -1.97. The first-order chi connectivity index (χ1) is 7.72. The Balaban J connectivity index is 2.49. The van der Waals surface area contributed by atoms with Gasteiger partial charge < -0.3 is 9.15 Å². The number of methoxy groups -OCH3 is 1. The number of rotatable bonds is 3. The van der Waals surface area contributed by atoms with E-state index in [1.807, 2.05) is 0 Å². The maximum absolute atomic E-state index is 10.6. The minimum Gasteiger partial charge on any atom is -0.476 e. The van der Waals surface area contributed by atoms with Gasteiger partial charge in [0.2, 0.25) is 5.89 Å². The zero-order valence-corrected chi connectivity index (χ0v) is 8.28. The molecule has 0 aliphatic carbocycles. The molecule has 0 saturated carbocycles. The molecule has 0 fully saturated rings. The molecule has 2 aromatic heterocycles. The summed E-state index contributed by atoms with van der Waals surface area (Å²) in [6.45, 7) is 0. The summed E-state index contributed by atoms with van der Waals surface area (Å²) in [6, 6.07) is 2.75. The number of nitrogens with zero attached hydrogens (tertiary/aromatic N) is 3. The predicted molar refractivity (Wildman–Crippen MR) is 52.9 cm³/mol. The molecule has 82 valence electrons. The summed E-state index contributed by atoms with van der Waals surface area (Å²) >= 11 is 0. The highest BCUT2D eigenvalue weighted by Gasteiger charge is 2.18. The van der Waals surface area contributed by atoms with Gasteiger partial charge in [-0.1, -0.05) is 0 Å². The highest BCUT2D eigenvalue weighted by Crippen LogP contribution is 2.27. The number of hydrogen-bond donors (Lipinski definition) is 0. The molecule has 0 aromatic carbocycles. The number of pyridine rings is 1. The Labute approximate surface area is 89.9 Å². The molecule has 0 bridgehead atoms. The fraction of sp³-hybridized carbons (Fsp3) is 0.111. The molecule has 2 aromatic rings. The van der Waals surface area contributed by atoms with Crippen LogP contribution in [0.4, 0.5) is 5.69 Å². The molecular weight excluding hydrogens is 214 g/mol. The molecule has 0 amide bonds. The first kappa shape index (κ1) is 10.1. The third kappa shape index (κ3) is 1.70. The summed E-state index contributed by atoms with van der Waals surface area (Å²) in [4.78, 5) is 17.9. The molecule has 16 heavy (non-hydrogen) atoms. The van der Waals surface area contributed by atoms with Crippen LogP contribution >= 0.6 is 0 Å². The van der Waals surface area contributed by atoms with Crippen molar-refractivity contribution in [1.82, 2.24) is 9.97 Å². The SMILES string of the molecule is COc1nc(-c2ncco2)ccc1[N+](=O)[O-]. The highest BCUT2D eigenvalue weighted by molar-refractivity contribution is 5.53. The molecule has 2 heterocycles. The van der Waals surface area contributed by atoms with E-state index in [0.717, 1.165) is 0 Å². The van der Waals surface area contributed by atoms with E-state index in [1.165, 1.54) is 31.7 Å². The first-order valence-corrected chi connectivity index (χ1v) is 4.31. The molecule has 0 unspecified atom stereocenters. The Morgan fingerprint density at radius 2 is 2.31 bits per heavy atom. The summed E-state index contributed by atoms with van der Waals surface area (Å²) in [5, 5.41) is 10.6. The summed E-state index contributed by atoms with van der Waals surface area (Å²) in [5.74, 6) is 0.217. The van der Waals surface area contributed by atoms with Crippen molar-refractivity contribution >= 4 is 5.69 Å². The molecule has 0 aliphatic heterocycles. The predicted octanol–water partition coefficient (Wildman–Crippen LogP) is 1.65. The fourth-order valence-electron chi connectivity index (χ4n) is 1.19. The average Bonchev–Trinajstić information content (AvgIpc) is 2.81. The van der Waals surface area contributed by atoms with E-state index in [-0.39, 0.29) is 17.5 Å². The van der Waals surface area contributed by atoms with Gasteiger partial charge in [0.1, 0.15) is 12.0 Å². The van der Waals surface area contributed by atoms with E-state index in [4.69, 9.17) is 9.15 Å². The molecule has 2 rings (SSSR count). The lowest BCUT2D eigenvalue weighted by atomic mass is 10.3. The molecule has 0 aliphatic rings. The summed E-state index contributed by atoms with van der Waals surface area (Å²) in [6.07, 6.45) is 2.86. The van der Waals surface area contributed by atoms with Gasteiger partial charge in [0.15, 0.2) is 0 Å². The number of nitro groups is 1. The van der Waals surface area contributed by atoms with Crippen molar-refractivity contribution in [1.29, 1.82) is 0 Å². The third-order valence-corrected chi connectivity index (χ3v) is 1.88. The van der Waals surface area contributed by atoms with Crippen molar-refractivity contribution in [3.05, 3.63) is 34.7 Å². The van der Waals surface area contributed by atoms with Crippen molar-refractivity contribution in [2.24, 2.45) is 0 Å². The van der Waals surface area contributed by atoms with E-state index < -0.39 is 4.92 Å². The van der Waals surface area contributed by atoms with E-state index in [2.05, 4.69) is 9.97 Å². The Kier molecular flexibility index (Phi) is 2.50. The molecule has 0 radical (unpaired) electrons. The van der Waals surface area contributed by atoms with Crippen LogP contribution in [-0.2, 0) is 0 Å². The van der Waals surface area contributed by atoms with Crippen molar-refractivity contribution in [3.63, 3.8) is 0 Å². The quantitative estimate of drug-likeness (QED) is 0.578. The van der Waals surface area contributed by atoms with Gasteiger partial charge in [-0.25, -0.2) is 9.97 Å². The molecule has 0 N–H and O–H groups in total. The van der Waals surface area contributed by atoms with E-state index in [9.17, 15) is 10.1 Å². The van der Waals surface area contributed by atoms with Gasteiger partial charge in [-0.05, 0) is 6.07 Å². The zero-order chi connectivity index (χ0) is 11.5. The molecule has 7 heteroatoms. The highest BCUT2D eigenvalue weighted by atomic mass is 16.6. The van der Waals surface area contributed by atoms with Crippen molar-refractivity contribution < 1.29 is 14.1 Å². The minimum absolute atomic E-state index is 0.0688. The monoisotopic (exact) mass is 221 g/mol. The molecule has 0 saturated heterocycles. The normalized spacial score (nSPS) is 10.1. The van der Waals surface area contributed by atoms with Gasteiger partial charge in [0.25, 0.3) is 5.88 Å². The van der Waals surface area contributed by atoms with Crippen LogP contribution in [-0.4, -0.2) is 22.0 Å². The smallest absolute Gasteiger partial charge is 0.330 e. The summed E-state index contributed by atoms with van der Waals surface area (Å²) in [5.41, 5.74) is 0.185. The van der Waals surface area contributed by atoms with Crippen molar-refractivity contribution in [3.8, 4) is 17.5 Å². The van der Waals surface area contributed by atoms with Crippen LogP contribution in [0.15, 0.2) is 29.0 Å². The van der Waals surface area contributed by atoms with Gasteiger partial charge in [0.05, 0.1) is 18.2 Å². The molecule has 7 nitrogen and oxygen atoms in total. The number of ether oxygens (including phenoxy) is 1. The standard InChI is InChI=1S/C9H7N3O4/c1-15-9-7(12(13)14)3-2-6(11-9)8-10-4-5-16-8/h2-5H,1H3. The van der Waals surface area contributed by atoms with E-state index in [1.54, 1.807) is 0 Å². The van der Waals surface area contributed by atoms with Gasteiger partial charge >= 0.3 is 5.69 Å². The fourth-order valence-corrected chi connectivity index (χ4v) is 1.19. The Morgan fingerprint density at radius 3 is 2.88 bits per heavy atom. The molecular formula is C9H7N3O4. The van der Waals surface area contributed by atoms with Crippen molar-refractivity contribution in [2.45, 2.75) is 0 Å². The minimum atomic E-state index is -0.564. The average molecular weight is 221 g/mol. The second-order valence-corrected chi connectivity index (χ2v) is 2.82. The number of aromatic nitrogens is 2.